The molecule has 2 amide bonds. The summed E-state index contributed by atoms with van der Waals surface area (Å²) in [5.41, 5.74) is 3.37. The molecular weight excluding hydrogens is 548 g/mol. The molecule has 0 saturated heterocycles. The van der Waals surface area contributed by atoms with Crippen LogP contribution >= 0.6 is 0 Å². The Bertz CT molecular complexity index is 1580. The van der Waals surface area contributed by atoms with Gasteiger partial charge in [-0.25, -0.2) is 13.1 Å². The molecule has 0 radical (unpaired) electrons. The van der Waals surface area contributed by atoms with Crippen molar-refractivity contribution in [2.75, 3.05) is 0 Å². The van der Waals surface area contributed by atoms with Crippen LogP contribution in [0.3, 0.4) is 0 Å². The zero-order valence-electron chi connectivity index (χ0n) is 23.2. The molecule has 1 aliphatic carbocycles. The van der Waals surface area contributed by atoms with Gasteiger partial charge in [0.15, 0.2) is 0 Å². The van der Waals surface area contributed by atoms with Gasteiger partial charge in [0, 0.05) is 37.9 Å². The summed E-state index contributed by atoms with van der Waals surface area (Å²) in [7, 11) is -3.54. The maximum absolute atomic E-state index is 13.9. The number of benzene rings is 3. The van der Waals surface area contributed by atoms with Gasteiger partial charge in [-0.1, -0.05) is 72.8 Å². The van der Waals surface area contributed by atoms with E-state index < -0.39 is 16.1 Å². The van der Waals surface area contributed by atoms with Crippen molar-refractivity contribution in [3.05, 3.63) is 132 Å². The highest BCUT2D eigenvalue weighted by atomic mass is 32.2. The molecule has 8 nitrogen and oxygen atoms in total. The van der Waals surface area contributed by atoms with Crippen LogP contribution < -0.4 is 10.0 Å². The second kappa shape index (κ2) is 13.5. The summed E-state index contributed by atoms with van der Waals surface area (Å²) in [6.07, 6.45) is 5.64. The molecule has 1 atom stereocenters. The first-order chi connectivity index (χ1) is 20.4. The number of hydrogen-bond acceptors (Lipinski definition) is 5. The minimum atomic E-state index is -3.54. The monoisotopic (exact) mass is 582 g/mol. The number of carbonyl (C=O) groups is 2. The zero-order chi connectivity index (χ0) is 29.4. The van der Waals surface area contributed by atoms with E-state index in [1.807, 2.05) is 72.8 Å². The number of amides is 2. The Hall–Kier alpha value is -4.34. The summed E-state index contributed by atoms with van der Waals surface area (Å²) in [5, 5.41) is 3.01. The fourth-order valence-corrected chi connectivity index (χ4v) is 6.02. The molecule has 1 fully saturated rings. The lowest BCUT2D eigenvalue weighted by Crippen LogP contribution is -2.43. The van der Waals surface area contributed by atoms with Crippen LogP contribution in [0.1, 0.15) is 47.6 Å². The summed E-state index contributed by atoms with van der Waals surface area (Å²) < 4.78 is 27.7. The predicted octanol–water partition coefficient (Wildman–Crippen LogP) is 4.54. The Morgan fingerprint density at radius 2 is 1.45 bits per heavy atom. The second-order valence-corrected chi connectivity index (χ2v) is 12.1. The van der Waals surface area contributed by atoms with Gasteiger partial charge in [0.1, 0.15) is 6.04 Å². The number of carbonyl (C=O) groups excluding carboxylic acids is 2. The van der Waals surface area contributed by atoms with Gasteiger partial charge in [0.05, 0.1) is 4.90 Å². The average molecular weight is 583 g/mol. The van der Waals surface area contributed by atoms with E-state index in [1.54, 1.807) is 41.6 Å². The van der Waals surface area contributed by atoms with Crippen molar-refractivity contribution in [2.45, 2.75) is 55.8 Å². The van der Waals surface area contributed by atoms with E-state index in [2.05, 4.69) is 15.0 Å². The van der Waals surface area contributed by atoms with Gasteiger partial charge in [-0.3, -0.25) is 14.6 Å². The van der Waals surface area contributed by atoms with Gasteiger partial charge in [-0.2, -0.15) is 0 Å². The molecule has 1 heterocycles. The number of nitrogens with one attached hydrogen (secondary N) is 2. The van der Waals surface area contributed by atoms with Gasteiger partial charge >= 0.3 is 0 Å². The third kappa shape index (κ3) is 7.90. The fourth-order valence-electron chi connectivity index (χ4n) is 4.72. The third-order valence-electron chi connectivity index (χ3n) is 7.17. The number of aromatic nitrogens is 1. The van der Waals surface area contributed by atoms with Crippen molar-refractivity contribution >= 4 is 21.8 Å². The van der Waals surface area contributed by atoms with Crippen molar-refractivity contribution in [1.82, 2.24) is 19.9 Å². The molecule has 216 valence electrons. The van der Waals surface area contributed by atoms with Gasteiger partial charge in [0.2, 0.25) is 21.8 Å². The first kappa shape index (κ1) is 29.2. The van der Waals surface area contributed by atoms with E-state index in [0.29, 0.717) is 18.5 Å². The van der Waals surface area contributed by atoms with E-state index in [1.165, 1.54) is 0 Å². The fraction of sp³-hybridized carbons (Fsp3) is 0.242. The van der Waals surface area contributed by atoms with Crippen molar-refractivity contribution in [3.63, 3.8) is 0 Å². The van der Waals surface area contributed by atoms with Crippen LogP contribution in [-0.2, 0) is 39.1 Å². The maximum atomic E-state index is 13.9. The molecule has 1 aliphatic rings. The van der Waals surface area contributed by atoms with Crippen LogP contribution in [0, 0.1) is 0 Å². The first-order valence-electron chi connectivity index (χ1n) is 14.1. The molecule has 2 N–H and O–H groups in total. The van der Waals surface area contributed by atoms with Crippen LogP contribution in [0.2, 0.25) is 0 Å². The Morgan fingerprint density at radius 1 is 0.810 bits per heavy atom. The molecule has 0 spiro atoms. The van der Waals surface area contributed by atoms with Crippen molar-refractivity contribution in [2.24, 2.45) is 0 Å². The number of hydrogen-bond donors (Lipinski definition) is 2. The lowest BCUT2D eigenvalue weighted by Gasteiger charge is -2.32. The Morgan fingerprint density at radius 3 is 2.10 bits per heavy atom. The largest absolute Gasteiger partial charge is 0.350 e. The van der Waals surface area contributed by atoms with Crippen LogP contribution in [0.5, 0.6) is 0 Å². The topological polar surface area (TPSA) is 108 Å². The van der Waals surface area contributed by atoms with E-state index >= 15 is 0 Å². The molecule has 1 saturated carbocycles. The molecule has 42 heavy (non-hydrogen) atoms. The Labute approximate surface area is 246 Å². The quantitative estimate of drug-likeness (QED) is 0.241. The van der Waals surface area contributed by atoms with Gasteiger partial charge in [0.25, 0.3) is 0 Å². The molecule has 3 aromatic carbocycles. The maximum Gasteiger partial charge on any atom is 0.247 e. The highest BCUT2D eigenvalue weighted by Crippen LogP contribution is 2.26. The molecule has 9 heteroatoms. The number of aryl methyl sites for hydroxylation is 1. The van der Waals surface area contributed by atoms with Crippen LogP contribution in [0.15, 0.2) is 114 Å². The summed E-state index contributed by atoms with van der Waals surface area (Å²) in [4.78, 5) is 33.5. The molecular formula is C33H34N4O4S. The summed E-state index contributed by atoms with van der Waals surface area (Å²) in [5.74, 6) is -0.459. The minimum Gasteiger partial charge on any atom is -0.350 e. The predicted molar refractivity (Wildman–Crippen MR) is 160 cm³/mol. The molecule has 5 rings (SSSR count). The molecule has 1 aromatic heterocycles. The zero-order valence-corrected chi connectivity index (χ0v) is 24.0. The van der Waals surface area contributed by atoms with Crippen molar-refractivity contribution in [1.29, 1.82) is 0 Å². The summed E-state index contributed by atoms with van der Waals surface area (Å²) in [6, 6.07) is 28.4. The minimum absolute atomic E-state index is 0.0300. The van der Waals surface area contributed by atoms with Crippen LogP contribution in [-0.4, -0.2) is 36.2 Å². The van der Waals surface area contributed by atoms with Crippen LogP contribution in [0.4, 0.5) is 0 Å². The third-order valence-corrected chi connectivity index (χ3v) is 8.70. The molecule has 0 bridgehead atoms. The molecule has 0 unspecified atom stereocenters. The highest BCUT2D eigenvalue weighted by molar-refractivity contribution is 7.89. The average Bonchev–Trinajstić information content (AvgIpc) is 3.83. The molecule has 0 aliphatic heterocycles. The normalized spacial score (nSPS) is 13.7. The van der Waals surface area contributed by atoms with Gasteiger partial charge in [-0.05, 0) is 65.8 Å². The van der Waals surface area contributed by atoms with Gasteiger partial charge in [-0.15, -0.1) is 0 Å². The highest BCUT2D eigenvalue weighted by Gasteiger charge is 2.31. The SMILES string of the molecule is O=C(NCc1ccncc1)[C@@H](c1ccccc1)N(Cc1ccccc1)C(=O)CCc1ccc(S(=O)(=O)NC2CC2)cc1. The van der Waals surface area contributed by atoms with Crippen LogP contribution in [0.25, 0.3) is 0 Å². The van der Waals surface area contributed by atoms with Crippen molar-refractivity contribution < 1.29 is 18.0 Å². The Kier molecular flexibility index (Phi) is 9.41. The Balaban J connectivity index is 1.35. The second-order valence-electron chi connectivity index (χ2n) is 10.4. The summed E-state index contributed by atoms with van der Waals surface area (Å²) >= 11 is 0. The summed E-state index contributed by atoms with van der Waals surface area (Å²) in [6.45, 7) is 0.564. The van der Waals surface area contributed by atoms with E-state index in [9.17, 15) is 18.0 Å². The van der Waals surface area contributed by atoms with E-state index in [-0.39, 0.29) is 35.7 Å². The van der Waals surface area contributed by atoms with E-state index in [4.69, 9.17) is 0 Å². The first-order valence-corrected chi connectivity index (χ1v) is 15.5. The number of pyridine rings is 1. The lowest BCUT2D eigenvalue weighted by molar-refractivity contribution is -0.141. The van der Waals surface area contributed by atoms with Crippen molar-refractivity contribution in [3.8, 4) is 0 Å². The smallest absolute Gasteiger partial charge is 0.247 e. The number of sulfonamides is 1. The lowest BCUT2D eigenvalue weighted by atomic mass is 10.0. The number of rotatable bonds is 13. The van der Waals surface area contributed by atoms with Gasteiger partial charge < -0.3 is 10.2 Å². The molecule has 4 aromatic rings. The van der Waals surface area contributed by atoms with E-state index in [0.717, 1.165) is 29.5 Å². The number of nitrogens with zero attached hydrogens (tertiary/aromatic N) is 2. The standard InChI is InChI=1S/C33H34N4O4S/c38-31(18-13-25-11-16-30(17-12-25)42(40,41)36-29-14-15-29)37(24-27-7-3-1-4-8-27)32(28-9-5-2-6-10-28)33(39)35-23-26-19-21-34-22-20-26/h1-12,16-17,19-22,29,32,36H,13-15,18,23-24H2,(H,35,39)/t32-/m1/s1.